The van der Waals surface area contributed by atoms with Crippen molar-refractivity contribution in [2.75, 3.05) is 19.4 Å². The minimum atomic E-state index is -0.204. The van der Waals surface area contributed by atoms with Crippen molar-refractivity contribution < 1.29 is 4.79 Å². The Labute approximate surface area is 90.1 Å². The summed E-state index contributed by atoms with van der Waals surface area (Å²) in [5.41, 5.74) is 1.94. The standard InChI is InChI=1S/C11H17N3O/c1-8(12-2)9-5-4-6-10(7-9)14-11(15)13-3/h4-8,12H,1-3H3,(H2,13,14,15). The van der Waals surface area contributed by atoms with Crippen LogP contribution in [0, 0.1) is 0 Å². The highest BCUT2D eigenvalue weighted by atomic mass is 16.2. The van der Waals surface area contributed by atoms with Crippen molar-refractivity contribution in [2.45, 2.75) is 13.0 Å². The van der Waals surface area contributed by atoms with Crippen LogP contribution in [-0.4, -0.2) is 20.1 Å². The number of amides is 2. The monoisotopic (exact) mass is 207 g/mol. The fourth-order valence-electron chi connectivity index (χ4n) is 1.25. The van der Waals surface area contributed by atoms with Crippen LogP contribution in [-0.2, 0) is 0 Å². The number of urea groups is 1. The van der Waals surface area contributed by atoms with Crippen LogP contribution in [0.1, 0.15) is 18.5 Å². The van der Waals surface area contributed by atoms with Gasteiger partial charge in [0.1, 0.15) is 0 Å². The Balaban J connectivity index is 2.78. The molecule has 0 aromatic heterocycles. The first-order valence-electron chi connectivity index (χ1n) is 4.93. The van der Waals surface area contributed by atoms with Crippen LogP contribution >= 0.6 is 0 Å². The van der Waals surface area contributed by atoms with E-state index in [1.165, 1.54) is 0 Å². The Kier molecular flexibility index (Phi) is 4.12. The SMILES string of the molecule is CNC(=O)Nc1cccc(C(C)NC)c1. The molecule has 0 bridgehead atoms. The third kappa shape index (κ3) is 3.25. The maximum absolute atomic E-state index is 11.1. The fourth-order valence-corrected chi connectivity index (χ4v) is 1.25. The van der Waals surface area contributed by atoms with E-state index in [4.69, 9.17) is 0 Å². The highest BCUT2D eigenvalue weighted by molar-refractivity contribution is 5.89. The second-order valence-corrected chi connectivity index (χ2v) is 3.34. The lowest BCUT2D eigenvalue weighted by molar-refractivity contribution is 0.254. The van der Waals surface area contributed by atoms with E-state index in [1.807, 2.05) is 31.3 Å². The van der Waals surface area contributed by atoms with Crippen molar-refractivity contribution in [3.63, 3.8) is 0 Å². The van der Waals surface area contributed by atoms with Crippen LogP contribution in [0.5, 0.6) is 0 Å². The molecule has 3 N–H and O–H groups in total. The molecule has 0 heterocycles. The largest absolute Gasteiger partial charge is 0.341 e. The lowest BCUT2D eigenvalue weighted by Crippen LogP contribution is -2.24. The number of benzene rings is 1. The van der Waals surface area contributed by atoms with Gasteiger partial charge in [-0.15, -0.1) is 0 Å². The van der Waals surface area contributed by atoms with Gasteiger partial charge in [-0.3, -0.25) is 0 Å². The maximum atomic E-state index is 11.1. The van der Waals surface area contributed by atoms with Crippen LogP contribution < -0.4 is 16.0 Å². The van der Waals surface area contributed by atoms with Crippen LogP contribution in [0.4, 0.5) is 10.5 Å². The Bertz CT molecular complexity index is 338. The predicted molar refractivity (Wildman–Crippen MR) is 62.0 cm³/mol. The van der Waals surface area contributed by atoms with Gasteiger partial charge in [0.15, 0.2) is 0 Å². The molecule has 1 aromatic rings. The number of carbonyl (C=O) groups is 1. The van der Waals surface area contributed by atoms with Gasteiger partial charge in [0.2, 0.25) is 0 Å². The lowest BCUT2D eigenvalue weighted by atomic mass is 10.1. The summed E-state index contributed by atoms with van der Waals surface area (Å²) < 4.78 is 0. The summed E-state index contributed by atoms with van der Waals surface area (Å²) >= 11 is 0. The van der Waals surface area contributed by atoms with E-state index >= 15 is 0 Å². The molecule has 0 radical (unpaired) electrons. The van der Waals surface area contributed by atoms with Crippen molar-refractivity contribution >= 4 is 11.7 Å². The quantitative estimate of drug-likeness (QED) is 0.707. The van der Waals surface area contributed by atoms with Crippen molar-refractivity contribution in [2.24, 2.45) is 0 Å². The first-order chi connectivity index (χ1) is 7.17. The summed E-state index contributed by atoms with van der Waals surface area (Å²) in [5, 5.41) is 8.39. The molecule has 0 aliphatic heterocycles. The summed E-state index contributed by atoms with van der Waals surface area (Å²) in [6.07, 6.45) is 0. The molecule has 0 aliphatic rings. The van der Waals surface area contributed by atoms with Gasteiger partial charge in [-0.25, -0.2) is 4.79 Å². The van der Waals surface area contributed by atoms with Crippen molar-refractivity contribution in [1.29, 1.82) is 0 Å². The van der Waals surface area contributed by atoms with Gasteiger partial charge >= 0.3 is 6.03 Å². The molecule has 0 aliphatic carbocycles. The minimum absolute atomic E-state index is 0.204. The number of nitrogens with one attached hydrogen (secondary N) is 3. The topological polar surface area (TPSA) is 53.2 Å². The summed E-state index contributed by atoms with van der Waals surface area (Å²) in [4.78, 5) is 11.1. The zero-order valence-electron chi connectivity index (χ0n) is 9.29. The van der Waals surface area contributed by atoms with Crippen molar-refractivity contribution in [3.05, 3.63) is 29.8 Å². The molecular formula is C11H17N3O. The number of anilines is 1. The smallest absolute Gasteiger partial charge is 0.318 e. The van der Waals surface area contributed by atoms with Crippen LogP contribution in [0.2, 0.25) is 0 Å². The molecule has 82 valence electrons. The normalized spacial score (nSPS) is 11.9. The molecule has 1 unspecified atom stereocenters. The lowest BCUT2D eigenvalue weighted by Gasteiger charge is -2.12. The molecule has 4 heteroatoms. The first kappa shape index (κ1) is 11.5. The minimum Gasteiger partial charge on any atom is -0.341 e. The van der Waals surface area contributed by atoms with Gasteiger partial charge < -0.3 is 16.0 Å². The van der Waals surface area contributed by atoms with Gasteiger partial charge in [-0.2, -0.15) is 0 Å². The Hall–Kier alpha value is -1.55. The second-order valence-electron chi connectivity index (χ2n) is 3.34. The predicted octanol–water partition coefficient (Wildman–Crippen LogP) is 1.72. The van der Waals surface area contributed by atoms with E-state index in [1.54, 1.807) is 7.05 Å². The van der Waals surface area contributed by atoms with Gasteiger partial charge in [-0.05, 0) is 31.7 Å². The third-order valence-corrected chi connectivity index (χ3v) is 2.30. The van der Waals surface area contributed by atoms with E-state index in [0.29, 0.717) is 0 Å². The van der Waals surface area contributed by atoms with Gasteiger partial charge in [0, 0.05) is 18.8 Å². The molecule has 2 amide bonds. The van der Waals surface area contributed by atoms with E-state index < -0.39 is 0 Å². The van der Waals surface area contributed by atoms with E-state index in [-0.39, 0.29) is 12.1 Å². The second kappa shape index (κ2) is 5.36. The molecule has 4 nitrogen and oxygen atoms in total. The molecule has 1 aromatic carbocycles. The number of rotatable bonds is 3. The van der Waals surface area contributed by atoms with Gasteiger partial charge in [0.25, 0.3) is 0 Å². The van der Waals surface area contributed by atoms with Crippen LogP contribution in [0.3, 0.4) is 0 Å². The molecule has 0 fully saturated rings. The van der Waals surface area contributed by atoms with E-state index in [9.17, 15) is 4.79 Å². The molecular weight excluding hydrogens is 190 g/mol. The molecule has 1 rings (SSSR count). The molecule has 15 heavy (non-hydrogen) atoms. The molecule has 1 atom stereocenters. The Morgan fingerprint density at radius 3 is 2.67 bits per heavy atom. The van der Waals surface area contributed by atoms with Crippen LogP contribution in [0.25, 0.3) is 0 Å². The van der Waals surface area contributed by atoms with Crippen molar-refractivity contribution in [3.8, 4) is 0 Å². The third-order valence-electron chi connectivity index (χ3n) is 2.30. The highest BCUT2D eigenvalue weighted by Crippen LogP contribution is 2.16. The fraction of sp³-hybridized carbons (Fsp3) is 0.364. The zero-order valence-corrected chi connectivity index (χ0v) is 9.29. The number of hydrogen-bond acceptors (Lipinski definition) is 2. The van der Waals surface area contributed by atoms with Gasteiger partial charge in [-0.1, -0.05) is 12.1 Å². The first-order valence-corrected chi connectivity index (χ1v) is 4.93. The summed E-state index contributed by atoms with van der Waals surface area (Å²) in [6, 6.07) is 7.84. The summed E-state index contributed by atoms with van der Waals surface area (Å²) in [7, 11) is 3.50. The number of carbonyl (C=O) groups excluding carboxylic acids is 1. The van der Waals surface area contributed by atoms with E-state index in [0.717, 1.165) is 11.3 Å². The highest BCUT2D eigenvalue weighted by Gasteiger charge is 2.04. The zero-order chi connectivity index (χ0) is 11.3. The average molecular weight is 207 g/mol. The summed E-state index contributed by atoms with van der Waals surface area (Å²) in [6.45, 7) is 2.07. The van der Waals surface area contributed by atoms with Crippen LogP contribution in [0.15, 0.2) is 24.3 Å². The molecule has 0 saturated carbocycles. The summed E-state index contributed by atoms with van der Waals surface area (Å²) in [5.74, 6) is 0. The van der Waals surface area contributed by atoms with Gasteiger partial charge in [0.05, 0.1) is 0 Å². The van der Waals surface area contributed by atoms with Crippen molar-refractivity contribution in [1.82, 2.24) is 10.6 Å². The average Bonchev–Trinajstić information content (AvgIpc) is 2.28. The van der Waals surface area contributed by atoms with E-state index in [2.05, 4.69) is 22.9 Å². The molecule has 0 saturated heterocycles. The maximum Gasteiger partial charge on any atom is 0.318 e. The molecule has 0 spiro atoms. The Morgan fingerprint density at radius 2 is 2.07 bits per heavy atom. The Morgan fingerprint density at radius 1 is 1.33 bits per heavy atom. The number of hydrogen-bond donors (Lipinski definition) is 3.